The predicted molar refractivity (Wildman–Crippen MR) is 82.2 cm³/mol. The third-order valence-corrected chi connectivity index (χ3v) is 4.76. The van der Waals surface area contributed by atoms with Gasteiger partial charge in [0, 0.05) is 24.2 Å². The molecule has 0 bridgehead atoms. The molecule has 112 valence electrons. The van der Waals surface area contributed by atoms with E-state index >= 15 is 0 Å². The number of nitrogens with zero attached hydrogens (tertiary/aromatic N) is 1. The SMILES string of the molecule is NC(=O)c1cccc2c1CCCN2C(=O)CC1CCCC1. The van der Waals surface area contributed by atoms with Crippen LogP contribution in [-0.4, -0.2) is 18.4 Å². The number of nitrogens with two attached hydrogens (primary N) is 1. The third-order valence-electron chi connectivity index (χ3n) is 4.76. The van der Waals surface area contributed by atoms with E-state index in [0.717, 1.165) is 30.6 Å². The Kier molecular flexibility index (Phi) is 3.95. The van der Waals surface area contributed by atoms with Crippen molar-refractivity contribution in [3.8, 4) is 0 Å². The molecule has 4 heteroatoms. The first-order valence-electron chi connectivity index (χ1n) is 7.89. The Morgan fingerprint density at radius 2 is 1.95 bits per heavy atom. The molecule has 0 atom stereocenters. The first-order chi connectivity index (χ1) is 10.2. The summed E-state index contributed by atoms with van der Waals surface area (Å²) in [6.07, 6.45) is 7.21. The van der Waals surface area contributed by atoms with Crippen LogP contribution in [0.25, 0.3) is 0 Å². The number of benzene rings is 1. The molecular formula is C17H22N2O2. The second-order valence-electron chi connectivity index (χ2n) is 6.17. The van der Waals surface area contributed by atoms with E-state index in [0.29, 0.717) is 17.9 Å². The van der Waals surface area contributed by atoms with E-state index in [2.05, 4.69) is 0 Å². The molecule has 0 saturated heterocycles. The van der Waals surface area contributed by atoms with Gasteiger partial charge in [-0.05, 0) is 49.3 Å². The molecule has 1 aliphatic carbocycles. The van der Waals surface area contributed by atoms with Gasteiger partial charge >= 0.3 is 0 Å². The molecule has 0 radical (unpaired) electrons. The summed E-state index contributed by atoms with van der Waals surface area (Å²) in [5.74, 6) is 0.337. The molecule has 2 amide bonds. The Labute approximate surface area is 125 Å². The number of rotatable bonds is 3. The summed E-state index contributed by atoms with van der Waals surface area (Å²) in [4.78, 5) is 26.0. The summed E-state index contributed by atoms with van der Waals surface area (Å²) in [5, 5.41) is 0. The maximum atomic E-state index is 12.6. The lowest BCUT2D eigenvalue weighted by Crippen LogP contribution is -2.37. The highest BCUT2D eigenvalue weighted by molar-refractivity contribution is 6.00. The number of anilines is 1. The normalized spacial score (nSPS) is 18.6. The molecule has 0 unspecified atom stereocenters. The predicted octanol–water partition coefficient (Wildman–Crippen LogP) is 2.65. The standard InChI is InChI=1S/C17H22N2O2/c18-17(21)14-7-3-9-15-13(14)8-4-10-19(15)16(20)11-12-5-1-2-6-12/h3,7,9,12H,1-2,4-6,8,10-11H2,(H2,18,21). The van der Waals surface area contributed by atoms with Crippen molar-refractivity contribution in [3.63, 3.8) is 0 Å². The zero-order valence-electron chi connectivity index (χ0n) is 12.3. The van der Waals surface area contributed by atoms with Crippen LogP contribution in [-0.2, 0) is 11.2 Å². The van der Waals surface area contributed by atoms with Crippen LogP contribution in [0.4, 0.5) is 5.69 Å². The summed E-state index contributed by atoms with van der Waals surface area (Å²) in [6, 6.07) is 5.51. The van der Waals surface area contributed by atoms with Crippen molar-refractivity contribution < 1.29 is 9.59 Å². The lowest BCUT2D eigenvalue weighted by Gasteiger charge is -2.31. The molecule has 0 spiro atoms. The van der Waals surface area contributed by atoms with Gasteiger partial charge in [0.25, 0.3) is 0 Å². The van der Waals surface area contributed by atoms with Crippen molar-refractivity contribution in [3.05, 3.63) is 29.3 Å². The van der Waals surface area contributed by atoms with E-state index in [4.69, 9.17) is 5.73 Å². The van der Waals surface area contributed by atoms with E-state index in [-0.39, 0.29) is 5.91 Å². The van der Waals surface area contributed by atoms with Crippen molar-refractivity contribution in [2.75, 3.05) is 11.4 Å². The summed E-state index contributed by atoms with van der Waals surface area (Å²) >= 11 is 0. The molecule has 1 aliphatic heterocycles. The second-order valence-corrected chi connectivity index (χ2v) is 6.17. The fraction of sp³-hybridized carbons (Fsp3) is 0.529. The van der Waals surface area contributed by atoms with E-state index in [1.54, 1.807) is 6.07 Å². The summed E-state index contributed by atoms with van der Waals surface area (Å²) in [5.41, 5.74) is 7.84. The van der Waals surface area contributed by atoms with Crippen LogP contribution in [0.5, 0.6) is 0 Å². The third kappa shape index (κ3) is 2.80. The van der Waals surface area contributed by atoms with Gasteiger partial charge in [-0.2, -0.15) is 0 Å². The lowest BCUT2D eigenvalue weighted by molar-refractivity contribution is -0.119. The van der Waals surface area contributed by atoms with E-state index in [1.807, 2.05) is 17.0 Å². The summed E-state index contributed by atoms with van der Waals surface area (Å²) < 4.78 is 0. The molecule has 0 aromatic heterocycles. The molecule has 21 heavy (non-hydrogen) atoms. The first-order valence-corrected chi connectivity index (χ1v) is 7.89. The van der Waals surface area contributed by atoms with Crippen LogP contribution in [0.3, 0.4) is 0 Å². The molecule has 3 rings (SSSR count). The Morgan fingerprint density at radius 1 is 1.19 bits per heavy atom. The fourth-order valence-electron chi connectivity index (χ4n) is 3.69. The van der Waals surface area contributed by atoms with E-state index in [1.165, 1.54) is 25.7 Å². The van der Waals surface area contributed by atoms with Gasteiger partial charge in [-0.3, -0.25) is 9.59 Å². The van der Waals surface area contributed by atoms with Crippen LogP contribution in [0.2, 0.25) is 0 Å². The average Bonchev–Trinajstić information content (AvgIpc) is 2.98. The van der Waals surface area contributed by atoms with Gasteiger partial charge in [0.15, 0.2) is 0 Å². The number of primary amides is 1. The van der Waals surface area contributed by atoms with Gasteiger partial charge in [0.1, 0.15) is 0 Å². The Morgan fingerprint density at radius 3 is 2.67 bits per heavy atom. The summed E-state index contributed by atoms with van der Waals surface area (Å²) in [7, 11) is 0. The Hall–Kier alpha value is -1.84. The van der Waals surface area contributed by atoms with Crippen molar-refractivity contribution >= 4 is 17.5 Å². The minimum Gasteiger partial charge on any atom is -0.366 e. The highest BCUT2D eigenvalue weighted by atomic mass is 16.2. The van der Waals surface area contributed by atoms with Gasteiger partial charge in [-0.15, -0.1) is 0 Å². The molecular weight excluding hydrogens is 264 g/mol. The monoisotopic (exact) mass is 286 g/mol. The lowest BCUT2D eigenvalue weighted by atomic mass is 9.94. The first kappa shape index (κ1) is 14.1. The van der Waals surface area contributed by atoms with E-state index in [9.17, 15) is 9.59 Å². The number of hydrogen-bond acceptors (Lipinski definition) is 2. The molecule has 1 aromatic rings. The Balaban J connectivity index is 1.84. The highest BCUT2D eigenvalue weighted by Crippen LogP contribution is 2.33. The fourth-order valence-corrected chi connectivity index (χ4v) is 3.69. The van der Waals surface area contributed by atoms with Crippen molar-refractivity contribution in [1.82, 2.24) is 0 Å². The van der Waals surface area contributed by atoms with Crippen molar-refractivity contribution in [2.45, 2.75) is 44.9 Å². The number of fused-ring (bicyclic) bond motifs is 1. The number of carbonyl (C=O) groups excluding carboxylic acids is 2. The van der Waals surface area contributed by atoms with Crippen LogP contribution in [0, 0.1) is 5.92 Å². The van der Waals surface area contributed by atoms with Gasteiger partial charge in [-0.1, -0.05) is 18.9 Å². The smallest absolute Gasteiger partial charge is 0.249 e. The average molecular weight is 286 g/mol. The topological polar surface area (TPSA) is 63.4 Å². The van der Waals surface area contributed by atoms with Gasteiger partial charge in [0.05, 0.1) is 0 Å². The quantitative estimate of drug-likeness (QED) is 0.928. The Bertz CT molecular complexity index is 562. The molecule has 4 nitrogen and oxygen atoms in total. The zero-order chi connectivity index (χ0) is 14.8. The molecule has 2 aliphatic rings. The van der Waals surface area contributed by atoms with Crippen molar-refractivity contribution in [2.24, 2.45) is 11.7 Å². The van der Waals surface area contributed by atoms with Crippen LogP contribution in [0.15, 0.2) is 18.2 Å². The minimum atomic E-state index is -0.406. The molecule has 2 N–H and O–H groups in total. The van der Waals surface area contributed by atoms with Gasteiger partial charge < -0.3 is 10.6 Å². The largest absolute Gasteiger partial charge is 0.366 e. The van der Waals surface area contributed by atoms with Gasteiger partial charge in [0.2, 0.25) is 11.8 Å². The highest BCUT2D eigenvalue weighted by Gasteiger charge is 2.27. The zero-order valence-corrected chi connectivity index (χ0v) is 12.3. The molecule has 1 saturated carbocycles. The number of amides is 2. The van der Waals surface area contributed by atoms with Crippen molar-refractivity contribution in [1.29, 1.82) is 0 Å². The minimum absolute atomic E-state index is 0.199. The molecule has 1 fully saturated rings. The van der Waals surface area contributed by atoms with E-state index < -0.39 is 5.91 Å². The maximum Gasteiger partial charge on any atom is 0.249 e. The van der Waals surface area contributed by atoms with Crippen LogP contribution < -0.4 is 10.6 Å². The van der Waals surface area contributed by atoms with Gasteiger partial charge in [-0.25, -0.2) is 0 Å². The van der Waals surface area contributed by atoms with Crippen LogP contribution >= 0.6 is 0 Å². The molecule has 1 aromatic carbocycles. The maximum absolute atomic E-state index is 12.6. The van der Waals surface area contributed by atoms with Crippen LogP contribution in [0.1, 0.15) is 54.4 Å². The molecule has 1 heterocycles. The second kappa shape index (κ2) is 5.88. The summed E-state index contributed by atoms with van der Waals surface area (Å²) in [6.45, 7) is 0.751. The number of carbonyl (C=O) groups is 2. The number of hydrogen-bond donors (Lipinski definition) is 1.